The molecule has 0 amide bonds. The first kappa shape index (κ1) is 12.1. The van der Waals surface area contributed by atoms with Crippen LogP contribution in [0.15, 0.2) is 30.5 Å². The van der Waals surface area contributed by atoms with E-state index in [9.17, 15) is 4.39 Å². The molecule has 0 saturated heterocycles. The van der Waals surface area contributed by atoms with Gasteiger partial charge in [0.25, 0.3) is 0 Å². The van der Waals surface area contributed by atoms with Crippen molar-refractivity contribution in [2.75, 3.05) is 0 Å². The number of benzene rings is 1. The van der Waals surface area contributed by atoms with Gasteiger partial charge in [-0.25, -0.2) is 4.39 Å². The van der Waals surface area contributed by atoms with Crippen molar-refractivity contribution >= 4 is 11.6 Å². The van der Waals surface area contributed by atoms with Gasteiger partial charge in [0.1, 0.15) is 5.82 Å². The highest BCUT2D eigenvalue weighted by Crippen LogP contribution is 2.23. The molecule has 3 nitrogen and oxygen atoms in total. The van der Waals surface area contributed by atoms with E-state index in [0.29, 0.717) is 0 Å². The van der Waals surface area contributed by atoms with Gasteiger partial charge in [-0.1, -0.05) is 17.7 Å². The Balaban J connectivity index is 2.36. The minimum Gasteiger partial charge on any atom is -0.319 e. The van der Waals surface area contributed by atoms with Gasteiger partial charge in [0.05, 0.1) is 16.8 Å². The van der Waals surface area contributed by atoms with E-state index in [2.05, 4.69) is 5.10 Å². The maximum atomic E-state index is 13.1. The van der Waals surface area contributed by atoms with E-state index in [1.807, 2.05) is 17.7 Å². The Morgan fingerprint density at radius 1 is 1.47 bits per heavy atom. The van der Waals surface area contributed by atoms with Crippen molar-refractivity contribution in [3.63, 3.8) is 0 Å². The summed E-state index contributed by atoms with van der Waals surface area (Å²) in [6.45, 7) is 2.73. The summed E-state index contributed by atoms with van der Waals surface area (Å²) in [6.07, 6.45) is 1.70. The second kappa shape index (κ2) is 4.85. The molecule has 17 heavy (non-hydrogen) atoms. The lowest BCUT2D eigenvalue weighted by molar-refractivity contribution is 0.598. The SMILES string of the molecule is CCn1nccc1C(N)c1ccc(F)c(Cl)c1. The van der Waals surface area contributed by atoms with Crippen molar-refractivity contribution in [3.8, 4) is 0 Å². The van der Waals surface area contributed by atoms with E-state index in [1.165, 1.54) is 6.07 Å². The van der Waals surface area contributed by atoms with Gasteiger partial charge in [0, 0.05) is 12.7 Å². The van der Waals surface area contributed by atoms with Crippen molar-refractivity contribution in [2.24, 2.45) is 5.73 Å². The average Bonchev–Trinajstić information content (AvgIpc) is 2.80. The molecule has 2 N–H and O–H groups in total. The Morgan fingerprint density at radius 3 is 2.88 bits per heavy atom. The zero-order valence-corrected chi connectivity index (χ0v) is 10.2. The van der Waals surface area contributed by atoms with Crippen LogP contribution in [-0.4, -0.2) is 9.78 Å². The molecule has 5 heteroatoms. The number of halogens is 2. The summed E-state index contributed by atoms with van der Waals surface area (Å²) >= 11 is 5.74. The first-order valence-corrected chi connectivity index (χ1v) is 5.73. The summed E-state index contributed by atoms with van der Waals surface area (Å²) in [4.78, 5) is 0. The highest BCUT2D eigenvalue weighted by molar-refractivity contribution is 6.30. The lowest BCUT2D eigenvalue weighted by Gasteiger charge is -2.14. The third kappa shape index (κ3) is 2.33. The van der Waals surface area contributed by atoms with Crippen LogP contribution in [0.25, 0.3) is 0 Å². The van der Waals surface area contributed by atoms with Gasteiger partial charge >= 0.3 is 0 Å². The molecule has 0 radical (unpaired) electrons. The lowest BCUT2D eigenvalue weighted by Crippen LogP contribution is -2.17. The third-order valence-electron chi connectivity index (χ3n) is 2.67. The quantitative estimate of drug-likeness (QED) is 0.914. The molecular formula is C12H13ClFN3. The zero-order chi connectivity index (χ0) is 12.4. The molecule has 1 atom stereocenters. The maximum Gasteiger partial charge on any atom is 0.141 e. The van der Waals surface area contributed by atoms with Crippen LogP contribution in [0, 0.1) is 5.82 Å². The standard InChI is InChI=1S/C12H13ClFN3/c1-2-17-11(5-6-16-17)12(15)8-3-4-10(14)9(13)7-8/h3-7,12H,2,15H2,1H3. The monoisotopic (exact) mass is 253 g/mol. The molecule has 0 aliphatic carbocycles. The predicted molar refractivity (Wildman–Crippen MR) is 65.3 cm³/mol. The van der Waals surface area contributed by atoms with E-state index < -0.39 is 5.82 Å². The Labute approximate surface area is 104 Å². The van der Waals surface area contributed by atoms with Crippen molar-refractivity contribution in [1.29, 1.82) is 0 Å². The summed E-state index contributed by atoms with van der Waals surface area (Å²) in [5.41, 5.74) is 7.77. The minimum atomic E-state index is -0.438. The van der Waals surface area contributed by atoms with Crippen LogP contribution in [0.5, 0.6) is 0 Å². The molecule has 0 aliphatic rings. The second-order valence-electron chi connectivity index (χ2n) is 3.72. The van der Waals surface area contributed by atoms with E-state index in [0.717, 1.165) is 17.8 Å². The smallest absolute Gasteiger partial charge is 0.141 e. The summed E-state index contributed by atoms with van der Waals surface area (Å²) in [7, 11) is 0. The van der Waals surface area contributed by atoms with E-state index in [1.54, 1.807) is 18.3 Å². The van der Waals surface area contributed by atoms with Crippen molar-refractivity contribution < 1.29 is 4.39 Å². The van der Waals surface area contributed by atoms with Gasteiger partial charge in [0.15, 0.2) is 0 Å². The van der Waals surface area contributed by atoms with Gasteiger partial charge < -0.3 is 5.73 Å². The number of aromatic nitrogens is 2. The summed E-state index contributed by atoms with van der Waals surface area (Å²) < 4.78 is 14.9. The van der Waals surface area contributed by atoms with E-state index in [-0.39, 0.29) is 11.1 Å². The Kier molecular flexibility index (Phi) is 3.45. The van der Waals surface area contributed by atoms with Crippen LogP contribution in [-0.2, 0) is 6.54 Å². The third-order valence-corrected chi connectivity index (χ3v) is 2.96. The van der Waals surface area contributed by atoms with Crippen LogP contribution in [0.4, 0.5) is 4.39 Å². The van der Waals surface area contributed by atoms with Crippen LogP contribution >= 0.6 is 11.6 Å². The number of hydrogen-bond donors (Lipinski definition) is 1. The molecule has 0 fully saturated rings. The number of aryl methyl sites for hydroxylation is 1. The Morgan fingerprint density at radius 2 is 2.24 bits per heavy atom. The fraction of sp³-hybridized carbons (Fsp3) is 0.250. The maximum absolute atomic E-state index is 13.1. The van der Waals surface area contributed by atoms with Gasteiger partial charge in [-0.05, 0) is 30.7 Å². The van der Waals surface area contributed by atoms with Crippen LogP contribution in [0.3, 0.4) is 0 Å². The molecule has 1 unspecified atom stereocenters. The topological polar surface area (TPSA) is 43.8 Å². The van der Waals surface area contributed by atoms with Gasteiger partial charge in [-0.3, -0.25) is 4.68 Å². The second-order valence-corrected chi connectivity index (χ2v) is 4.13. The number of hydrogen-bond acceptors (Lipinski definition) is 2. The molecule has 1 aromatic heterocycles. The van der Waals surface area contributed by atoms with Crippen LogP contribution in [0.2, 0.25) is 5.02 Å². The fourth-order valence-electron chi connectivity index (χ4n) is 1.75. The van der Waals surface area contributed by atoms with E-state index in [4.69, 9.17) is 17.3 Å². The molecule has 2 aromatic rings. The van der Waals surface area contributed by atoms with E-state index >= 15 is 0 Å². The average molecular weight is 254 g/mol. The highest BCUT2D eigenvalue weighted by atomic mass is 35.5. The first-order chi connectivity index (χ1) is 8.13. The highest BCUT2D eigenvalue weighted by Gasteiger charge is 2.14. The Bertz CT molecular complexity index is 524. The summed E-state index contributed by atoms with van der Waals surface area (Å²) in [6, 6.07) is 6.01. The summed E-state index contributed by atoms with van der Waals surface area (Å²) in [5, 5.41) is 4.23. The van der Waals surface area contributed by atoms with Crippen molar-refractivity contribution in [1.82, 2.24) is 9.78 Å². The molecular weight excluding hydrogens is 241 g/mol. The van der Waals surface area contributed by atoms with Gasteiger partial charge in [0.2, 0.25) is 0 Å². The number of nitrogens with zero attached hydrogens (tertiary/aromatic N) is 2. The Hall–Kier alpha value is -1.39. The molecule has 1 heterocycles. The molecule has 0 bridgehead atoms. The molecule has 0 spiro atoms. The normalized spacial score (nSPS) is 12.7. The largest absolute Gasteiger partial charge is 0.319 e. The van der Waals surface area contributed by atoms with Gasteiger partial charge in [-0.2, -0.15) is 5.10 Å². The zero-order valence-electron chi connectivity index (χ0n) is 9.40. The predicted octanol–water partition coefficient (Wildman–Crippen LogP) is 2.74. The molecule has 1 aromatic carbocycles. The molecule has 0 aliphatic heterocycles. The van der Waals surface area contributed by atoms with Crippen molar-refractivity contribution in [2.45, 2.75) is 19.5 Å². The summed E-state index contributed by atoms with van der Waals surface area (Å²) in [5.74, 6) is -0.438. The van der Waals surface area contributed by atoms with Crippen LogP contribution < -0.4 is 5.73 Å². The lowest BCUT2D eigenvalue weighted by atomic mass is 10.0. The number of nitrogens with two attached hydrogens (primary N) is 1. The van der Waals surface area contributed by atoms with Crippen LogP contribution in [0.1, 0.15) is 24.2 Å². The molecule has 0 saturated carbocycles. The van der Waals surface area contributed by atoms with Crippen molar-refractivity contribution in [3.05, 3.63) is 52.6 Å². The fourth-order valence-corrected chi connectivity index (χ4v) is 1.94. The molecule has 2 rings (SSSR count). The minimum absolute atomic E-state index is 0.0838. The van der Waals surface area contributed by atoms with Gasteiger partial charge in [-0.15, -0.1) is 0 Å². The number of rotatable bonds is 3. The molecule has 90 valence electrons. The first-order valence-electron chi connectivity index (χ1n) is 5.35.